The SMILES string of the molecule is [CH3][Ge]1([CH3])[c]2ccccc2B(c2c(-c3ccccc3)cccc2-c2ccccc2)c2cccc[c]21. The van der Waals surface area contributed by atoms with E-state index < -0.39 is 13.3 Å². The second-order valence-electron chi connectivity index (χ2n) is 9.73. The predicted molar refractivity (Wildman–Crippen MR) is 152 cm³/mol. The molecule has 1 aliphatic rings. The van der Waals surface area contributed by atoms with Crippen molar-refractivity contribution in [1.29, 1.82) is 0 Å². The van der Waals surface area contributed by atoms with Crippen LogP contribution >= 0.6 is 0 Å². The fourth-order valence-electron chi connectivity index (χ4n) is 5.87. The molecule has 5 aromatic rings. The van der Waals surface area contributed by atoms with E-state index in [-0.39, 0.29) is 6.71 Å². The van der Waals surface area contributed by atoms with Gasteiger partial charge in [0, 0.05) is 0 Å². The molecule has 5 aromatic carbocycles. The molecule has 0 saturated heterocycles. The van der Waals surface area contributed by atoms with Crippen LogP contribution in [0.1, 0.15) is 0 Å². The first kappa shape index (κ1) is 21.3. The summed E-state index contributed by atoms with van der Waals surface area (Å²) in [6, 6.07) is 47.1. The average Bonchev–Trinajstić information content (AvgIpc) is 2.90. The van der Waals surface area contributed by atoms with Crippen molar-refractivity contribution in [2.75, 3.05) is 0 Å². The van der Waals surface area contributed by atoms with Crippen molar-refractivity contribution in [1.82, 2.24) is 0 Å². The summed E-state index contributed by atoms with van der Waals surface area (Å²) in [4.78, 5) is 0. The van der Waals surface area contributed by atoms with Crippen molar-refractivity contribution in [3.63, 3.8) is 0 Å². The molecule has 0 aliphatic carbocycles. The van der Waals surface area contributed by atoms with E-state index >= 15 is 0 Å². The Kier molecular flexibility index (Phi) is 5.31. The first-order chi connectivity index (χ1) is 16.7. The van der Waals surface area contributed by atoms with Gasteiger partial charge < -0.3 is 0 Å². The van der Waals surface area contributed by atoms with Crippen LogP contribution in [0.3, 0.4) is 0 Å². The molecular weight excluding hydrogens is 468 g/mol. The van der Waals surface area contributed by atoms with E-state index in [0.29, 0.717) is 0 Å². The Bertz CT molecular complexity index is 1360. The fraction of sp³-hybridized carbons (Fsp3) is 0.0625. The molecule has 0 unspecified atom stereocenters. The van der Waals surface area contributed by atoms with Gasteiger partial charge in [-0.1, -0.05) is 0 Å². The molecule has 0 nitrogen and oxygen atoms in total. The minimum absolute atomic E-state index is 0.206. The third-order valence-corrected chi connectivity index (χ3v) is 15.0. The first-order valence-electron chi connectivity index (χ1n) is 12.1. The van der Waals surface area contributed by atoms with Crippen LogP contribution in [0.4, 0.5) is 0 Å². The molecule has 162 valence electrons. The Morgan fingerprint density at radius 1 is 0.441 bits per heavy atom. The number of hydrogen-bond acceptors (Lipinski definition) is 0. The average molecular weight is 495 g/mol. The summed E-state index contributed by atoms with van der Waals surface area (Å²) >= 11 is -2.41. The maximum absolute atomic E-state index is 2.55. The molecule has 0 atom stereocenters. The van der Waals surface area contributed by atoms with Crippen molar-refractivity contribution in [3.05, 3.63) is 127 Å². The van der Waals surface area contributed by atoms with Crippen molar-refractivity contribution in [3.8, 4) is 22.3 Å². The van der Waals surface area contributed by atoms with Crippen LogP contribution in [-0.2, 0) is 0 Å². The van der Waals surface area contributed by atoms with Gasteiger partial charge in [-0.2, -0.15) is 0 Å². The molecule has 0 spiro atoms. The Labute approximate surface area is 205 Å². The minimum atomic E-state index is -2.41. The zero-order valence-electron chi connectivity index (χ0n) is 19.7. The normalized spacial score (nSPS) is 13.8. The second kappa shape index (κ2) is 8.49. The van der Waals surface area contributed by atoms with Crippen LogP contribution in [-0.4, -0.2) is 20.0 Å². The summed E-state index contributed by atoms with van der Waals surface area (Å²) in [5.74, 6) is 5.10. The van der Waals surface area contributed by atoms with Gasteiger partial charge in [0.25, 0.3) is 0 Å². The number of hydrogen-bond donors (Lipinski definition) is 0. The van der Waals surface area contributed by atoms with Crippen LogP contribution < -0.4 is 25.2 Å². The molecule has 2 heteroatoms. The molecule has 0 N–H and O–H groups in total. The molecule has 6 rings (SSSR count). The Balaban J connectivity index is 1.73. The van der Waals surface area contributed by atoms with Crippen LogP contribution in [0.25, 0.3) is 22.3 Å². The van der Waals surface area contributed by atoms with Gasteiger partial charge in [-0.3, -0.25) is 0 Å². The van der Waals surface area contributed by atoms with Gasteiger partial charge in [0.2, 0.25) is 0 Å². The quantitative estimate of drug-likeness (QED) is 0.320. The van der Waals surface area contributed by atoms with E-state index in [2.05, 4.69) is 139 Å². The van der Waals surface area contributed by atoms with Crippen LogP contribution in [0.2, 0.25) is 11.5 Å². The second-order valence-corrected chi connectivity index (χ2v) is 18.8. The monoisotopic (exact) mass is 496 g/mol. The number of fused-ring (bicyclic) bond motifs is 2. The van der Waals surface area contributed by atoms with E-state index in [0.717, 1.165) is 0 Å². The molecule has 0 amide bonds. The van der Waals surface area contributed by atoms with E-state index in [1.54, 1.807) is 8.79 Å². The number of rotatable bonds is 3. The Morgan fingerprint density at radius 3 is 1.32 bits per heavy atom. The molecule has 0 aromatic heterocycles. The van der Waals surface area contributed by atoms with Crippen molar-refractivity contribution in [2.45, 2.75) is 11.5 Å². The number of benzene rings is 5. The summed E-state index contributed by atoms with van der Waals surface area (Å²) in [6.07, 6.45) is 0. The molecule has 1 aliphatic heterocycles. The summed E-state index contributed by atoms with van der Waals surface area (Å²) < 4.78 is 3.21. The summed E-state index contributed by atoms with van der Waals surface area (Å²) in [7, 11) is 0. The van der Waals surface area contributed by atoms with Gasteiger partial charge in [-0.05, 0) is 0 Å². The van der Waals surface area contributed by atoms with Crippen molar-refractivity contribution >= 4 is 45.2 Å². The Morgan fingerprint density at radius 2 is 0.853 bits per heavy atom. The fourth-order valence-corrected chi connectivity index (χ4v) is 12.6. The topological polar surface area (TPSA) is 0 Å². The predicted octanol–water partition coefficient (Wildman–Crippen LogP) is 4.67. The van der Waals surface area contributed by atoms with Crippen molar-refractivity contribution in [2.24, 2.45) is 0 Å². The van der Waals surface area contributed by atoms with E-state index in [1.165, 1.54) is 38.6 Å². The third-order valence-electron chi connectivity index (χ3n) is 7.45. The molecule has 34 heavy (non-hydrogen) atoms. The molecule has 1 heterocycles. The summed E-state index contributed by atoms with van der Waals surface area (Å²) in [5, 5.41) is 0. The van der Waals surface area contributed by atoms with Crippen LogP contribution in [0, 0.1) is 0 Å². The van der Waals surface area contributed by atoms with Gasteiger partial charge in [-0.15, -0.1) is 0 Å². The maximum atomic E-state index is 2.55. The molecule has 0 bridgehead atoms. The molecular formula is C32H27BGe. The molecule has 0 fully saturated rings. The van der Waals surface area contributed by atoms with Gasteiger partial charge >= 0.3 is 206 Å². The van der Waals surface area contributed by atoms with Gasteiger partial charge in [-0.25, -0.2) is 0 Å². The van der Waals surface area contributed by atoms with Crippen LogP contribution in [0.5, 0.6) is 0 Å². The third kappa shape index (κ3) is 3.38. The molecule has 0 radical (unpaired) electrons. The van der Waals surface area contributed by atoms with E-state index in [1.807, 2.05) is 0 Å². The summed E-state index contributed by atoms with van der Waals surface area (Å²) in [5.41, 5.74) is 9.59. The Hall–Kier alpha value is -3.29. The van der Waals surface area contributed by atoms with Gasteiger partial charge in [0.15, 0.2) is 0 Å². The van der Waals surface area contributed by atoms with Gasteiger partial charge in [0.1, 0.15) is 0 Å². The van der Waals surface area contributed by atoms with E-state index in [9.17, 15) is 0 Å². The standard InChI is InChI=1S/C32H27BGe/c1-34(2)30-22-11-9-20-28(30)33(29-21-10-12-23-31(29)34)32-26(24-14-5-3-6-15-24)18-13-19-27(32)25-16-7-4-8-17-25/h3-23H,1-2H3. The zero-order valence-corrected chi connectivity index (χ0v) is 21.8. The van der Waals surface area contributed by atoms with Crippen molar-refractivity contribution < 1.29 is 0 Å². The first-order valence-corrected chi connectivity index (χ1v) is 18.4. The van der Waals surface area contributed by atoms with Crippen LogP contribution in [0.15, 0.2) is 127 Å². The van der Waals surface area contributed by atoms with Gasteiger partial charge in [0.05, 0.1) is 0 Å². The summed E-state index contributed by atoms with van der Waals surface area (Å²) in [6.45, 7) is 0.206. The zero-order chi connectivity index (χ0) is 23.1. The molecule has 0 saturated carbocycles. The van der Waals surface area contributed by atoms with E-state index in [4.69, 9.17) is 0 Å².